The van der Waals surface area contributed by atoms with Gasteiger partial charge in [0.15, 0.2) is 0 Å². The van der Waals surface area contributed by atoms with Gasteiger partial charge in [0, 0.05) is 12.6 Å². The summed E-state index contributed by atoms with van der Waals surface area (Å²) in [5.74, 6) is -0.230. The quantitative estimate of drug-likeness (QED) is 0.792. The number of hydrogen-bond acceptors (Lipinski definition) is 3. The molecule has 0 saturated carbocycles. The van der Waals surface area contributed by atoms with E-state index in [1.165, 1.54) is 6.07 Å². The average molecular weight is 369 g/mol. The summed E-state index contributed by atoms with van der Waals surface area (Å²) in [5, 5.41) is 3.34. The molecule has 1 aromatic rings. The Bertz CT molecular complexity index is 452. The monoisotopic (exact) mass is 368 g/mol. The molecule has 0 aliphatic carbocycles. The van der Waals surface area contributed by atoms with Gasteiger partial charge < -0.3 is 15.0 Å². The molecule has 0 radical (unpaired) electrons. The van der Waals surface area contributed by atoms with Gasteiger partial charge in [0.05, 0.1) is 4.47 Å². The second-order valence-corrected chi connectivity index (χ2v) is 6.04. The number of rotatable bonds is 7. The fourth-order valence-electron chi connectivity index (χ4n) is 1.71. The SMILES string of the molecule is CC(CCN(C)C)NCc1ccc(OC(F)(F)F)c(Br)c1. The molecule has 3 nitrogen and oxygen atoms in total. The van der Waals surface area contributed by atoms with Crippen molar-refractivity contribution in [3.8, 4) is 5.75 Å². The van der Waals surface area contributed by atoms with E-state index in [4.69, 9.17) is 0 Å². The highest BCUT2D eigenvalue weighted by atomic mass is 79.9. The van der Waals surface area contributed by atoms with E-state index in [1.54, 1.807) is 12.1 Å². The summed E-state index contributed by atoms with van der Waals surface area (Å²) < 4.78 is 40.7. The minimum Gasteiger partial charge on any atom is -0.405 e. The van der Waals surface area contributed by atoms with Gasteiger partial charge in [-0.25, -0.2) is 0 Å². The van der Waals surface area contributed by atoms with Crippen molar-refractivity contribution in [2.75, 3.05) is 20.6 Å². The largest absolute Gasteiger partial charge is 0.573 e. The first-order chi connectivity index (χ1) is 9.67. The Hall–Kier alpha value is -0.790. The van der Waals surface area contributed by atoms with E-state index >= 15 is 0 Å². The first kappa shape index (κ1) is 18.3. The summed E-state index contributed by atoms with van der Waals surface area (Å²) in [7, 11) is 4.03. The fraction of sp³-hybridized carbons (Fsp3) is 0.571. The average Bonchev–Trinajstić information content (AvgIpc) is 2.35. The van der Waals surface area contributed by atoms with Crippen LogP contribution in [-0.2, 0) is 6.54 Å². The number of hydrogen-bond donors (Lipinski definition) is 1. The lowest BCUT2D eigenvalue weighted by Gasteiger charge is -2.17. The van der Waals surface area contributed by atoms with Crippen LogP contribution in [0.25, 0.3) is 0 Å². The number of nitrogens with zero attached hydrogens (tertiary/aromatic N) is 1. The molecule has 0 aromatic heterocycles. The maximum Gasteiger partial charge on any atom is 0.573 e. The molecule has 1 rings (SSSR count). The van der Waals surface area contributed by atoms with Crippen LogP contribution in [0.1, 0.15) is 18.9 Å². The highest BCUT2D eigenvalue weighted by Gasteiger charge is 2.31. The lowest BCUT2D eigenvalue weighted by atomic mass is 10.2. The van der Waals surface area contributed by atoms with Crippen LogP contribution in [0.3, 0.4) is 0 Å². The van der Waals surface area contributed by atoms with Gasteiger partial charge in [0.1, 0.15) is 5.75 Å². The van der Waals surface area contributed by atoms with Crippen LogP contribution in [0.15, 0.2) is 22.7 Å². The van der Waals surface area contributed by atoms with Crippen molar-refractivity contribution in [3.63, 3.8) is 0 Å². The summed E-state index contributed by atoms with van der Waals surface area (Å²) in [4.78, 5) is 2.11. The lowest BCUT2D eigenvalue weighted by molar-refractivity contribution is -0.274. The molecule has 21 heavy (non-hydrogen) atoms. The maximum atomic E-state index is 12.2. The summed E-state index contributed by atoms with van der Waals surface area (Å²) in [6, 6.07) is 4.90. The second-order valence-electron chi connectivity index (χ2n) is 5.19. The Balaban J connectivity index is 2.52. The molecule has 1 unspecified atom stereocenters. The summed E-state index contributed by atoms with van der Waals surface area (Å²) in [6.07, 6.45) is -3.67. The molecule has 0 aliphatic heterocycles. The van der Waals surface area contributed by atoms with Gasteiger partial charge in [-0.15, -0.1) is 13.2 Å². The normalized spacial score (nSPS) is 13.5. The molecule has 0 fully saturated rings. The molecule has 1 aromatic carbocycles. The van der Waals surface area contributed by atoms with Crippen LogP contribution in [0.2, 0.25) is 0 Å². The minimum absolute atomic E-state index is 0.230. The molecular weight excluding hydrogens is 349 g/mol. The van der Waals surface area contributed by atoms with E-state index in [2.05, 4.69) is 37.8 Å². The van der Waals surface area contributed by atoms with Gasteiger partial charge in [0.25, 0.3) is 0 Å². The zero-order valence-corrected chi connectivity index (χ0v) is 13.9. The topological polar surface area (TPSA) is 24.5 Å². The van der Waals surface area contributed by atoms with Gasteiger partial charge in [-0.1, -0.05) is 6.07 Å². The van der Waals surface area contributed by atoms with Gasteiger partial charge in [-0.3, -0.25) is 0 Å². The number of ether oxygens (including phenoxy) is 1. The fourth-order valence-corrected chi connectivity index (χ4v) is 2.21. The van der Waals surface area contributed by atoms with Crippen molar-refractivity contribution in [3.05, 3.63) is 28.2 Å². The van der Waals surface area contributed by atoms with E-state index in [9.17, 15) is 13.2 Å². The zero-order chi connectivity index (χ0) is 16.0. The highest BCUT2D eigenvalue weighted by molar-refractivity contribution is 9.10. The minimum atomic E-state index is -4.68. The molecule has 120 valence electrons. The Morgan fingerprint density at radius 3 is 2.52 bits per heavy atom. The molecule has 0 spiro atoms. The third-order valence-corrected chi connectivity index (χ3v) is 3.51. The van der Waals surface area contributed by atoms with Crippen molar-refractivity contribution in [2.45, 2.75) is 32.3 Å². The van der Waals surface area contributed by atoms with E-state index in [1.807, 2.05) is 14.1 Å². The van der Waals surface area contributed by atoms with Crippen LogP contribution < -0.4 is 10.1 Å². The van der Waals surface area contributed by atoms with Crippen LogP contribution in [0, 0.1) is 0 Å². The maximum absolute atomic E-state index is 12.2. The van der Waals surface area contributed by atoms with Gasteiger partial charge in [-0.05, 0) is 67.6 Å². The van der Waals surface area contributed by atoms with Crippen LogP contribution in [0.5, 0.6) is 5.75 Å². The molecule has 1 atom stereocenters. The molecular formula is C14H20BrF3N2O. The Kier molecular flexibility index (Phi) is 6.96. The molecule has 0 heterocycles. The smallest absolute Gasteiger partial charge is 0.405 e. The first-order valence-electron chi connectivity index (χ1n) is 6.59. The van der Waals surface area contributed by atoms with Crippen molar-refractivity contribution in [2.24, 2.45) is 0 Å². The molecule has 0 bridgehead atoms. The third-order valence-electron chi connectivity index (χ3n) is 2.89. The van der Waals surface area contributed by atoms with E-state index in [0.717, 1.165) is 18.5 Å². The van der Waals surface area contributed by atoms with E-state index in [0.29, 0.717) is 17.1 Å². The highest BCUT2D eigenvalue weighted by Crippen LogP contribution is 2.31. The van der Waals surface area contributed by atoms with E-state index < -0.39 is 6.36 Å². The zero-order valence-electron chi connectivity index (χ0n) is 12.3. The Morgan fingerprint density at radius 1 is 1.33 bits per heavy atom. The molecule has 0 amide bonds. The number of halogens is 4. The van der Waals surface area contributed by atoms with Gasteiger partial charge in [0.2, 0.25) is 0 Å². The summed E-state index contributed by atoms with van der Waals surface area (Å²) >= 11 is 3.10. The van der Waals surface area contributed by atoms with E-state index in [-0.39, 0.29) is 5.75 Å². The summed E-state index contributed by atoms with van der Waals surface area (Å²) in [6.45, 7) is 3.66. The third kappa shape index (κ3) is 7.68. The second kappa shape index (κ2) is 8.00. The van der Waals surface area contributed by atoms with Crippen LogP contribution in [0.4, 0.5) is 13.2 Å². The number of nitrogens with one attached hydrogen (secondary N) is 1. The standard InChI is InChI=1S/C14H20BrF3N2O/c1-10(6-7-20(2)3)19-9-11-4-5-13(12(15)8-11)21-14(16,17)18/h4-5,8,10,19H,6-7,9H2,1-3H3. The summed E-state index contributed by atoms with van der Waals surface area (Å²) in [5.41, 5.74) is 0.896. The van der Waals surface area contributed by atoms with Gasteiger partial charge >= 0.3 is 6.36 Å². The Morgan fingerprint density at radius 2 is 2.00 bits per heavy atom. The number of benzene rings is 1. The molecule has 1 N–H and O–H groups in total. The predicted molar refractivity (Wildman–Crippen MR) is 80.3 cm³/mol. The van der Waals surface area contributed by atoms with Crippen molar-refractivity contribution < 1.29 is 17.9 Å². The number of alkyl halides is 3. The lowest BCUT2D eigenvalue weighted by Crippen LogP contribution is -2.29. The van der Waals surface area contributed by atoms with Crippen molar-refractivity contribution in [1.29, 1.82) is 0 Å². The van der Waals surface area contributed by atoms with Crippen molar-refractivity contribution >= 4 is 15.9 Å². The van der Waals surface area contributed by atoms with Crippen LogP contribution in [-0.4, -0.2) is 37.9 Å². The molecule has 0 aliphatic rings. The molecule has 0 saturated heterocycles. The predicted octanol–water partition coefficient (Wildman–Crippen LogP) is 3.78. The van der Waals surface area contributed by atoms with Crippen molar-refractivity contribution in [1.82, 2.24) is 10.2 Å². The first-order valence-corrected chi connectivity index (χ1v) is 7.39. The van der Waals surface area contributed by atoms with Gasteiger partial charge in [-0.2, -0.15) is 0 Å². The van der Waals surface area contributed by atoms with Crippen LogP contribution >= 0.6 is 15.9 Å². The Labute approximate surface area is 131 Å². The molecule has 7 heteroatoms.